The summed E-state index contributed by atoms with van der Waals surface area (Å²) in [7, 11) is 0. The van der Waals surface area contributed by atoms with E-state index in [4.69, 9.17) is 4.42 Å². The molecule has 100 valence electrons. The monoisotopic (exact) mass is 258 g/mol. The zero-order chi connectivity index (χ0) is 13.7. The molecule has 4 heteroatoms. The van der Waals surface area contributed by atoms with Crippen LogP contribution in [0.25, 0.3) is 0 Å². The van der Waals surface area contributed by atoms with Gasteiger partial charge in [-0.05, 0) is 36.8 Å². The first-order valence-corrected chi connectivity index (χ1v) is 6.36. The Bertz CT molecular complexity index is 535. The third-order valence-electron chi connectivity index (χ3n) is 2.82. The molecule has 1 aromatic heterocycles. The molecule has 2 aromatic rings. The van der Waals surface area contributed by atoms with Crippen LogP contribution in [0.1, 0.15) is 32.1 Å². The zero-order valence-electron chi connectivity index (χ0n) is 11.1. The first-order chi connectivity index (χ1) is 9.19. The average Bonchev–Trinajstić information content (AvgIpc) is 2.89. The van der Waals surface area contributed by atoms with Crippen LogP contribution in [0.15, 0.2) is 47.1 Å². The molecule has 2 rings (SSSR count). The van der Waals surface area contributed by atoms with Crippen molar-refractivity contribution in [1.82, 2.24) is 0 Å². The standard InChI is InChI=1S/C15H18N2O2/c1-3-14(15-8-5-9-19-15)17-13-7-4-6-12(10-13)16-11(2)18/h4-10,14,17H,3H2,1-2H3,(H,16,18). The van der Waals surface area contributed by atoms with Crippen LogP contribution >= 0.6 is 0 Å². The molecule has 0 bridgehead atoms. The van der Waals surface area contributed by atoms with E-state index < -0.39 is 0 Å². The summed E-state index contributed by atoms with van der Waals surface area (Å²) in [5.41, 5.74) is 1.74. The lowest BCUT2D eigenvalue weighted by molar-refractivity contribution is -0.114. The third-order valence-corrected chi connectivity index (χ3v) is 2.82. The van der Waals surface area contributed by atoms with E-state index in [2.05, 4.69) is 17.6 Å². The first-order valence-electron chi connectivity index (χ1n) is 6.36. The van der Waals surface area contributed by atoms with E-state index in [1.54, 1.807) is 6.26 Å². The molecule has 0 radical (unpaired) electrons. The second-order valence-corrected chi connectivity index (χ2v) is 4.38. The van der Waals surface area contributed by atoms with Crippen molar-refractivity contribution < 1.29 is 9.21 Å². The van der Waals surface area contributed by atoms with Crippen LogP contribution in [0.2, 0.25) is 0 Å². The van der Waals surface area contributed by atoms with Crippen LogP contribution in [-0.2, 0) is 4.79 Å². The summed E-state index contributed by atoms with van der Waals surface area (Å²) < 4.78 is 5.42. The highest BCUT2D eigenvalue weighted by molar-refractivity contribution is 5.89. The lowest BCUT2D eigenvalue weighted by atomic mass is 10.1. The maximum Gasteiger partial charge on any atom is 0.221 e. The Kier molecular flexibility index (Phi) is 4.23. The van der Waals surface area contributed by atoms with Crippen molar-refractivity contribution in [2.75, 3.05) is 10.6 Å². The van der Waals surface area contributed by atoms with Crippen LogP contribution in [-0.4, -0.2) is 5.91 Å². The lowest BCUT2D eigenvalue weighted by Gasteiger charge is -2.16. The Balaban J connectivity index is 2.11. The summed E-state index contributed by atoms with van der Waals surface area (Å²) in [5.74, 6) is 0.836. The van der Waals surface area contributed by atoms with Crippen LogP contribution in [0.4, 0.5) is 11.4 Å². The number of furan rings is 1. The van der Waals surface area contributed by atoms with Gasteiger partial charge >= 0.3 is 0 Å². The highest BCUT2D eigenvalue weighted by Crippen LogP contribution is 2.24. The molecule has 0 saturated heterocycles. The summed E-state index contributed by atoms with van der Waals surface area (Å²) in [6.07, 6.45) is 2.59. The van der Waals surface area contributed by atoms with E-state index in [0.717, 1.165) is 23.6 Å². The topological polar surface area (TPSA) is 54.3 Å². The van der Waals surface area contributed by atoms with Gasteiger partial charge in [-0.15, -0.1) is 0 Å². The largest absolute Gasteiger partial charge is 0.467 e. The minimum atomic E-state index is -0.0739. The Morgan fingerprint density at radius 1 is 1.26 bits per heavy atom. The van der Waals surface area contributed by atoms with Gasteiger partial charge < -0.3 is 15.1 Å². The number of amides is 1. The van der Waals surface area contributed by atoms with Crippen molar-refractivity contribution >= 4 is 17.3 Å². The average molecular weight is 258 g/mol. The molecule has 1 amide bonds. The van der Waals surface area contributed by atoms with E-state index in [0.29, 0.717) is 0 Å². The van der Waals surface area contributed by atoms with Gasteiger partial charge in [0, 0.05) is 18.3 Å². The van der Waals surface area contributed by atoms with Gasteiger partial charge in [-0.2, -0.15) is 0 Å². The van der Waals surface area contributed by atoms with Gasteiger partial charge in [0.2, 0.25) is 5.91 Å². The maximum absolute atomic E-state index is 11.0. The molecule has 0 aliphatic rings. The normalized spacial score (nSPS) is 11.9. The molecule has 0 saturated carbocycles. The molecule has 19 heavy (non-hydrogen) atoms. The molecule has 1 aromatic carbocycles. The quantitative estimate of drug-likeness (QED) is 0.857. The number of rotatable bonds is 5. The van der Waals surface area contributed by atoms with Crippen LogP contribution < -0.4 is 10.6 Å². The molecule has 1 unspecified atom stereocenters. The van der Waals surface area contributed by atoms with Crippen LogP contribution in [0.3, 0.4) is 0 Å². The second kappa shape index (κ2) is 6.09. The molecular formula is C15H18N2O2. The van der Waals surface area contributed by atoms with Gasteiger partial charge in [0.15, 0.2) is 0 Å². The number of benzene rings is 1. The molecule has 0 spiro atoms. The van der Waals surface area contributed by atoms with E-state index in [1.807, 2.05) is 36.4 Å². The number of carbonyl (C=O) groups is 1. The van der Waals surface area contributed by atoms with E-state index in [-0.39, 0.29) is 11.9 Å². The van der Waals surface area contributed by atoms with Crippen molar-refractivity contribution in [2.45, 2.75) is 26.3 Å². The number of hydrogen-bond acceptors (Lipinski definition) is 3. The van der Waals surface area contributed by atoms with Gasteiger partial charge in [0.1, 0.15) is 5.76 Å². The molecule has 0 aliphatic heterocycles. The van der Waals surface area contributed by atoms with Crippen molar-refractivity contribution in [3.05, 3.63) is 48.4 Å². The number of carbonyl (C=O) groups excluding carboxylic acids is 1. The molecule has 1 heterocycles. The van der Waals surface area contributed by atoms with Crippen molar-refractivity contribution in [3.8, 4) is 0 Å². The predicted molar refractivity (Wildman–Crippen MR) is 76.1 cm³/mol. The van der Waals surface area contributed by atoms with Gasteiger partial charge in [0.05, 0.1) is 12.3 Å². The lowest BCUT2D eigenvalue weighted by Crippen LogP contribution is -2.10. The van der Waals surface area contributed by atoms with E-state index in [1.165, 1.54) is 6.92 Å². The van der Waals surface area contributed by atoms with Crippen LogP contribution in [0.5, 0.6) is 0 Å². The van der Waals surface area contributed by atoms with Crippen molar-refractivity contribution in [3.63, 3.8) is 0 Å². The number of nitrogens with one attached hydrogen (secondary N) is 2. The second-order valence-electron chi connectivity index (χ2n) is 4.38. The Morgan fingerprint density at radius 3 is 2.68 bits per heavy atom. The molecule has 4 nitrogen and oxygen atoms in total. The molecule has 0 fully saturated rings. The highest BCUT2D eigenvalue weighted by atomic mass is 16.3. The molecular weight excluding hydrogens is 240 g/mol. The number of anilines is 2. The maximum atomic E-state index is 11.0. The van der Waals surface area contributed by atoms with Crippen molar-refractivity contribution in [1.29, 1.82) is 0 Å². The molecule has 1 atom stereocenters. The fourth-order valence-electron chi connectivity index (χ4n) is 1.96. The first kappa shape index (κ1) is 13.2. The fraction of sp³-hybridized carbons (Fsp3) is 0.267. The van der Waals surface area contributed by atoms with Crippen LogP contribution in [0, 0.1) is 0 Å². The Labute approximate surface area is 112 Å². The number of hydrogen-bond donors (Lipinski definition) is 2. The Morgan fingerprint density at radius 2 is 2.05 bits per heavy atom. The molecule has 0 aliphatic carbocycles. The summed E-state index contributed by atoms with van der Waals surface area (Å²) >= 11 is 0. The summed E-state index contributed by atoms with van der Waals surface area (Å²) in [4.78, 5) is 11.0. The highest BCUT2D eigenvalue weighted by Gasteiger charge is 2.11. The fourth-order valence-corrected chi connectivity index (χ4v) is 1.96. The Hall–Kier alpha value is -2.23. The molecule has 2 N–H and O–H groups in total. The summed E-state index contributed by atoms with van der Waals surface area (Å²) in [6, 6.07) is 11.6. The van der Waals surface area contributed by atoms with Gasteiger partial charge in [0.25, 0.3) is 0 Å². The van der Waals surface area contributed by atoms with Crippen molar-refractivity contribution in [2.24, 2.45) is 0 Å². The van der Waals surface area contributed by atoms with Gasteiger partial charge in [-0.3, -0.25) is 4.79 Å². The summed E-state index contributed by atoms with van der Waals surface area (Å²) in [5, 5.41) is 6.17. The predicted octanol–water partition coefficient (Wildman–Crippen LogP) is 3.80. The van der Waals surface area contributed by atoms with Gasteiger partial charge in [-0.1, -0.05) is 13.0 Å². The van der Waals surface area contributed by atoms with Gasteiger partial charge in [-0.25, -0.2) is 0 Å². The minimum absolute atomic E-state index is 0.0739. The third kappa shape index (κ3) is 3.61. The summed E-state index contributed by atoms with van der Waals surface area (Å²) in [6.45, 7) is 3.59. The van der Waals surface area contributed by atoms with E-state index in [9.17, 15) is 4.79 Å². The smallest absolute Gasteiger partial charge is 0.221 e. The van der Waals surface area contributed by atoms with E-state index >= 15 is 0 Å². The SMILES string of the molecule is CCC(Nc1cccc(NC(C)=O)c1)c1ccco1. The zero-order valence-corrected chi connectivity index (χ0v) is 11.1. The minimum Gasteiger partial charge on any atom is -0.467 e.